The van der Waals surface area contributed by atoms with Crippen molar-refractivity contribution in [2.24, 2.45) is 5.41 Å². The monoisotopic (exact) mass is 282 g/mol. The topological polar surface area (TPSA) is 66.5 Å². The van der Waals surface area contributed by atoms with Gasteiger partial charge in [-0.3, -0.25) is 19.8 Å². The minimum Gasteiger partial charge on any atom is -0.277 e. The molecule has 3 rings (SSSR count). The van der Waals surface area contributed by atoms with Crippen molar-refractivity contribution in [3.8, 4) is 0 Å². The fourth-order valence-electron chi connectivity index (χ4n) is 3.45. The van der Waals surface area contributed by atoms with Crippen molar-refractivity contribution in [3.63, 3.8) is 0 Å². The van der Waals surface area contributed by atoms with E-state index in [2.05, 4.69) is 5.32 Å². The molecule has 0 aromatic heterocycles. The summed E-state index contributed by atoms with van der Waals surface area (Å²) in [6.45, 7) is 0. The summed E-state index contributed by atoms with van der Waals surface area (Å²) in [6.07, 6.45) is 6.99. The molecule has 3 fully saturated rings. The van der Waals surface area contributed by atoms with Gasteiger partial charge in [-0.1, -0.05) is 12.8 Å². The number of nitrogens with zero attached hydrogens (tertiary/aromatic N) is 1. The number of rotatable bonds is 2. The van der Waals surface area contributed by atoms with Crippen LogP contribution >= 0.6 is 11.8 Å². The molecule has 6 heteroatoms. The summed E-state index contributed by atoms with van der Waals surface area (Å²) < 4.78 is 0. The van der Waals surface area contributed by atoms with Gasteiger partial charge in [-0.15, -0.1) is 0 Å². The number of carbonyl (C=O) groups is 3. The molecule has 0 aromatic carbocycles. The van der Waals surface area contributed by atoms with E-state index in [1.165, 1.54) is 4.90 Å². The third-order valence-corrected chi connectivity index (χ3v) is 5.92. The van der Waals surface area contributed by atoms with Crippen molar-refractivity contribution >= 4 is 29.6 Å². The molecule has 104 valence electrons. The Balaban J connectivity index is 1.89. The number of carbonyl (C=O) groups excluding carboxylic acids is 3. The van der Waals surface area contributed by atoms with Crippen LogP contribution in [0.2, 0.25) is 0 Å². The Bertz CT molecular complexity index is 447. The van der Waals surface area contributed by atoms with Crippen LogP contribution in [0.15, 0.2) is 0 Å². The van der Waals surface area contributed by atoms with E-state index in [1.807, 2.05) is 6.26 Å². The molecule has 4 amide bonds. The number of amides is 4. The maximum Gasteiger partial charge on any atom is 0.331 e. The van der Waals surface area contributed by atoms with Crippen molar-refractivity contribution in [1.82, 2.24) is 10.2 Å². The van der Waals surface area contributed by atoms with Gasteiger partial charge in [-0.2, -0.15) is 11.8 Å². The minimum atomic E-state index is -0.931. The lowest BCUT2D eigenvalue weighted by atomic mass is 9.66. The van der Waals surface area contributed by atoms with Gasteiger partial charge in [0, 0.05) is 5.25 Å². The number of barbiturate groups is 1. The van der Waals surface area contributed by atoms with Crippen LogP contribution < -0.4 is 5.32 Å². The molecule has 1 saturated heterocycles. The average molecular weight is 282 g/mol. The number of hydrogen-bond donors (Lipinski definition) is 1. The van der Waals surface area contributed by atoms with Crippen molar-refractivity contribution in [3.05, 3.63) is 0 Å². The van der Waals surface area contributed by atoms with E-state index >= 15 is 0 Å². The lowest BCUT2D eigenvalue weighted by molar-refractivity contribution is -0.159. The van der Waals surface area contributed by atoms with E-state index in [0.29, 0.717) is 18.1 Å². The van der Waals surface area contributed by atoms with Crippen molar-refractivity contribution in [1.29, 1.82) is 0 Å². The maximum absolute atomic E-state index is 12.6. The minimum absolute atomic E-state index is 0.0481. The third-order valence-electron chi connectivity index (χ3n) is 4.76. The largest absolute Gasteiger partial charge is 0.331 e. The van der Waals surface area contributed by atoms with Crippen molar-refractivity contribution < 1.29 is 14.4 Å². The molecular weight excluding hydrogens is 264 g/mol. The molecule has 1 spiro atoms. The highest BCUT2D eigenvalue weighted by atomic mass is 32.2. The lowest BCUT2D eigenvalue weighted by Gasteiger charge is -2.46. The van der Waals surface area contributed by atoms with Crippen LogP contribution in [-0.2, 0) is 9.59 Å². The van der Waals surface area contributed by atoms with Gasteiger partial charge in [0.25, 0.3) is 0 Å². The zero-order chi connectivity index (χ0) is 13.6. The Kier molecular flexibility index (Phi) is 3.08. The molecule has 0 radical (unpaired) electrons. The van der Waals surface area contributed by atoms with Crippen LogP contribution in [0.1, 0.15) is 38.5 Å². The second-order valence-corrected chi connectivity index (χ2v) is 6.72. The molecule has 19 heavy (non-hydrogen) atoms. The highest BCUT2D eigenvalue weighted by Crippen LogP contribution is 2.46. The lowest BCUT2D eigenvalue weighted by Crippen LogP contribution is -2.68. The van der Waals surface area contributed by atoms with E-state index in [1.54, 1.807) is 11.8 Å². The Morgan fingerprint density at radius 1 is 1.21 bits per heavy atom. The number of nitrogens with one attached hydrogen (secondary N) is 1. The van der Waals surface area contributed by atoms with Crippen molar-refractivity contribution in [2.75, 3.05) is 6.26 Å². The SMILES string of the molecule is CSC1CCCC1N1C(=O)NC(=O)C2(CCC2)C1=O. The van der Waals surface area contributed by atoms with E-state index in [-0.39, 0.29) is 17.9 Å². The number of imide groups is 2. The van der Waals surface area contributed by atoms with Crippen LogP contribution in [-0.4, -0.2) is 40.3 Å². The summed E-state index contributed by atoms with van der Waals surface area (Å²) >= 11 is 1.71. The van der Waals surface area contributed by atoms with E-state index in [9.17, 15) is 14.4 Å². The molecule has 1 heterocycles. The van der Waals surface area contributed by atoms with Crippen LogP contribution in [0.25, 0.3) is 0 Å². The molecule has 2 atom stereocenters. The van der Waals surface area contributed by atoms with Gasteiger partial charge in [-0.05, 0) is 31.9 Å². The molecule has 1 N–H and O–H groups in total. The highest BCUT2D eigenvalue weighted by molar-refractivity contribution is 7.99. The Morgan fingerprint density at radius 2 is 1.95 bits per heavy atom. The number of urea groups is 1. The van der Waals surface area contributed by atoms with Crippen LogP contribution in [0.3, 0.4) is 0 Å². The average Bonchev–Trinajstić information content (AvgIpc) is 2.74. The van der Waals surface area contributed by atoms with Crippen LogP contribution in [0, 0.1) is 5.41 Å². The molecule has 2 saturated carbocycles. The zero-order valence-electron chi connectivity index (χ0n) is 11.0. The van der Waals surface area contributed by atoms with Gasteiger partial charge in [0.15, 0.2) is 0 Å². The van der Waals surface area contributed by atoms with E-state index in [0.717, 1.165) is 25.7 Å². The molecular formula is C13H18N2O3S. The molecule has 1 aliphatic heterocycles. The van der Waals surface area contributed by atoms with Crippen molar-refractivity contribution in [2.45, 2.75) is 49.8 Å². The van der Waals surface area contributed by atoms with E-state index < -0.39 is 11.4 Å². The van der Waals surface area contributed by atoms with Gasteiger partial charge in [0.2, 0.25) is 11.8 Å². The first kappa shape index (κ1) is 13.0. The molecule has 0 aromatic rings. The third kappa shape index (κ3) is 1.72. The second-order valence-electron chi connectivity index (χ2n) is 5.64. The zero-order valence-corrected chi connectivity index (χ0v) is 11.8. The van der Waals surface area contributed by atoms with Gasteiger partial charge in [-0.25, -0.2) is 4.79 Å². The molecule has 2 aliphatic carbocycles. The fraction of sp³-hybridized carbons (Fsp3) is 0.769. The summed E-state index contributed by atoms with van der Waals surface area (Å²) in [4.78, 5) is 38.0. The second kappa shape index (κ2) is 4.51. The summed E-state index contributed by atoms with van der Waals surface area (Å²) in [6, 6.07) is -0.563. The quantitative estimate of drug-likeness (QED) is 0.780. The molecule has 0 bridgehead atoms. The maximum atomic E-state index is 12.6. The number of hydrogen-bond acceptors (Lipinski definition) is 4. The van der Waals surface area contributed by atoms with Gasteiger partial charge < -0.3 is 0 Å². The van der Waals surface area contributed by atoms with Gasteiger partial charge in [0.1, 0.15) is 5.41 Å². The Labute approximate surface area is 116 Å². The smallest absolute Gasteiger partial charge is 0.277 e. The summed E-state index contributed by atoms with van der Waals surface area (Å²) in [7, 11) is 0. The van der Waals surface area contributed by atoms with Crippen LogP contribution in [0.4, 0.5) is 4.79 Å². The number of thioether (sulfide) groups is 1. The normalized spacial score (nSPS) is 33.5. The predicted molar refractivity (Wildman–Crippen MR) is 71.6 cm³/mol. The Morgan fingerprint density at radius 3 is 2.53 bits per heavy atom. The standard InChI is InChI=1S/C13H18N2O3S/c1-19-9-5-2-4-8(9)15-11(17)13(6-3-7-13)10(16)14-12(15)18/h8-9H,2-7H2,1H3,(H,14,16,18). The Hall–Kier alpha value is -1.04. The summed E-state index contributed by atoms with van der Waals surface area (Å²) in [5, 5.41) is 2.70. The van der Waals surface area contributed by atoms with Gasteiger partial charge >= 0.3 is 6.03 Å². The molecule has 2 unspecified atom stereocenters. The molecule has 5 nitrogen and oxygen atoms in total. The first-order valence-electron chi connectivity index (χ1n) is 6.82. The highest BCUT2D eigenvalue weighted by Gasteiger charge is 2.59. The summed E-state index contributed by atoms with van der Waals surface area (Å²) in [5.41, 5.74) is -0.931. The first-order valence-corrected chi connectivity index (χ1v) is 8.11. The van der Waals surface area contributed by atoms with E-state index in [4.69, 9.17) is 0 Å². The fourth-order valence-corrected chi connectivity index (χ4v) is 4.42. The molecule has 3 aliphatic rings. The first-order chi connectivity index (χ1) is 9.10. The summed E-state index contributed by atoms with van der Waals surface area (Å²) in [5.74, 6) is -0.637. The van der Waals surface area contributed by atoms with Gasteiger partial charge in [0.05, 0.1) is 6.04 Å². The van der Waals surface area contributed by atoms with Crippen LogP contribution in [0.5, 0.6) is 0 Å². The predicted octanol–water partition coefficient (Wildman–Crippen LogP) is 1.52.